The van der Waals surface area contributed by atoms with Gasteiger partial charge in [-0.2, -0.15) is 0 Å². The van der Waals surface area contributed by atoms with Crippen LogP contribution in [0.3, 0.4) is 0 Å². The van der Waals surface area contributed by atoms with Crippen molar-refractivity contribution < 1.29 is 14.6 Å². The summed E-state index contributed by atoms with van der Waals surface area (Å²) >= 11 is 0. The molecule has 2 aromatic carbocycles. The summed E-state index contributed by atoms with van der Waals surface area (Å²) in [5.41, 5.74) is 3.68. The van der Waals surface area contributed by atoms with Crippen molar-refractivity contribution >= 4 is 17.0 Å². The van der Waals surface area contributed by atoms with Crippen LogP contribution in [-0.2, 0) is 4.79 Å². The number of aromatic nitrogens is 3. The Morgan fingerprint density at radius 1 is 1.07 bits per heavy atom. The Kier molecular flexibility index (Phi) is 5.01. The van der Waals surface area contributed by atoms with E-state index in [9.17, 15) is 4.79 Å². The maximum absolute atomic E-state index is 10.7. The first-order valence-corrected chi connectivity index (χ1v) is 9.05. The topological polar surface area (TPSA) is 77.2 Å². The number of imidazole rings is 1. The maximum atomic E-state index is 10.7. The summed E-state index contributed by atoms with van der Waals surface area (Å²) in [6, 6.07) is 19.6. The van der Waals surface area contributed by atoms with E-state index in [1.807, 2.05) is 60.7 Å². The lowest BCUT2D eigenvalue weighted by molar-refractivity contribution is -0.137. The quantitative estimate of drug-likeness (QED) is 0.488. The molecule has 0 atom stereocenters. The predicted molar refractivity (Wildman–Crippen MR) is 107 cm³/mol. The normalized spacial score (nSPS) is 10.9. The van der Waals surface area contributed by atoms with Crippen LogP contribution < -0.4 is 4.74 Å². The molecule has 0 aliphatic rings. The number of aliphatic carboxylic acids is 1. The van der Waals surface area contributed by atoms with Gasteiger partial charge in [-0.05, 0) is 42.8 Å². The van der Waals surface area contributed by atoms with Crippen molar-refractivity contribution in [2.45, 2.75) is 12.8 Å². The highest BCUT2D eigenvalue weighted by atomic mass is 16.5. The molecule has 140 valence electrons. The summed E-state index contributed by atoms with van der Waals surface area (Å²) in [7, 11) is 0. The molecular weight excluding hydrogens is 354 g/mol. The number of carboxylic acid groups (broad SMARTS) is 1. The lowest BCUT2D eigenvalue weighted by atomic mass is 10.2. The van der Waals surface area contributed by atoms with Crippen LogP contribution in [0.4, 0.5) is 0 Å². The minimum absolute atomic E-state index is 0.0926. The Labute approximate surface area is 162 Å². The predicted octanol–water partition coefficient (Wildman–Crippen LogP) is 4.33. The molecular formula is C22H19N3O3. The zero-order valence-electron chi connectivity index (χ0n) is 15.2. The lowest BCUT2D eigenvalue weighted by Gasteiger charge is -2.10. The SMILES string of the molecule is O=C(O)CCCOc1ccc2nc(-c3cccnc3)n(-c3ccccc3)c2c1. The summed E-state index contributed by atoms with van der Waals surface area (Å²) in [5, 5.41) is 8.75. The number of benzene rings is 2. The number of carboxylic acids is 1. The third-order valence-electron chi connectivity index (χ3n) is 4.36. The van der Waals surface area contributed by atoms with E-state index >= 15 is 0 Å². The maximum Gasteiger partial charge on any atom is 0.303 e. The molecule has 0 spiro atoms. The van der Waals surface area contributed by atoms with E-state index in [0.29, 0.717) is 18.8 Å². The highest BCUT2D eigenvalue weighted by Gasteiger charge is 2.15. The molecule has 2 aromatic heterocycles. The molecule has 4 aromatic rings. The standard InChI is InChI=1S/C22H19N3O3/c26-21(27)9-5-13-28-18-10-11-19-20(14-18)25(17-7-2-1-3-8-17)22(24-19)16-6-4-12-23-15-16/h1-4,6-8,10-12,14-15H,5,9,13H2,(H,26,27). The van der Waals surface area contributed by atoms with Crippen LogP contribution in [-0.4, -0.2) is 32.2 Å². The molecule has 0 fully saturated rings. The molecule has 28 heavy (non-hydrogen) atoms. The fourth-order valence-corrected chi connectivity index (χ4v) is 3.09. The van der Waals surface area contributed by atoms with Crippen molar-refractivity contribution in [3.05, 3.63) is 73.1 Å². The van der Waals surface area contributed by atoms with E-state index in [1.54, 1.807) is 12.4 Å². The number of fused-ring (bicyclic) bond motifs is 1. The molecule has 0 saturated heterocycles. The Balaban J connectivity index is 1.76. The number of para-hydroxylation sites is 1. The second-order valence-corrected chi connectivity index (χ2v) is 6.34. The second kappa shape index (κ2) is 7.92. The van der Waals surface area contributed by atoms with Gasteiger partial charge in [-0.25, -0.2) is 4.98 Å². The molecule has 0 aliphatic carbocycles. The van der Waals surface area contributed by atoms with Crippen LogP contribution in [0.2, 0.25) is 0 Å². The highest BCUT2D eigenvalue weighted by molar-refractivity contribution is 5.84. The van der Waals surface area contributed by atoms with Crippen LogP contribution in [0.15, 0.2) is 73.1 Å². The molecule has 0 unspecified atom stereocenters. The molecule has 0 bridgehead atoms. The monoisotopic (exact) mass is 373 g/mol. The third kappa shape index (κ3) is 3.71. The Morgan fingerprint density at radius 3 is 2.68 bits per heavy atom. The van der Waals surface area contributed by atoms with Crippen molar-refractivity contribution in [3.8, 4) is 22.8 Å². The van der Waals surface area contributed by atoms with Crippen molar-refractivity contribution in [3.63, 3.8) is 0 Å². The molecule has 4 rings (SSSR count). The molecule has 6 heteroatoms. The minimum Gasteiger partial charge on any atom is -0.494 e. The number of nitrogens with zero attached hydrogens (tertiary/aromatic N) is 3. The van der Waals surface area contributed by atoms with Gasteiger partial charge in [-0.15, -0.1) is 0 Å². The van der Waals surface area contributed by atoms with Crippen LogP contribution >= 0.6 is 0 Å². The van der Waals surface area contributed by atoms with E-state index in [0.717, 1.165) is 28.1 Å². The van der Waals surface area contributed by atoms with Crippen molar-refractivity contribution in [1.29, 1.82) is 0 Å². The first kappa shape index (κ1) is 17.7. The van der Waals surface area contributed by atoms with Crippen molar-refractivity contribution in [2.75, 3.05) is 6.61 Å². The number of hydrogen-bond acceptors (Lipinski definition) is 4. The number of rotatable bonds is 7. The van der Waals surface area contributed by atoms with Crippen LogP contribution in [0.25, 0.3) is 28.1 Å². The van der Waals surface area contributed by atoms with Gasteiger partial charge in [0.05, 0.1) is 17.6 Å². The first-order chi connectivity index (χ1) is 13.7. The van der Waals surface area contributed by atoms with Crippen molar-refractivity contribution in [2.24, 2.45) is 0 Å². The summed E-state index contributed by atoms with van der Waals surface area (Å²) in [5.74, 6) is 0.673. The van der Waals surface area contributed by atoms with Crippen LogP contribution in [0, 0.1) is 0 Å². The summed E-state index contributed by atoms with van der Waals surface area (Å²) < 4.78 is 7.83. The molecule has 1 N–H and O–H groups in total. The van der Waals surface area contributed by atoms with E-state index in [2.05, 4.69) is 9.55 Å². The fraction of sp³-hybridized carbons (Fsp3) is 0.136. The molecule has 0 radical (unpaired) electrons. The van der Waals surface area contributed by atoms with Gasteiger partial charge in [0, 0.05) is 36.1 Å². The number of pyridine rings is 1. The average Bonchev–Trinajstić information content (AvgIpc) is 3.11. The van der Waals surface area contributed by atoms with Gasteiger partial charge in [0.25, 0.3) is 0 Å². The van der Waals surface area contributed by atoms with Crippen LogP contribution in [0.5, 0.6) is 5.75 Å². The molecule has 0 aliphatic heterocycles. The van der Waals surface area contributed by atoms with Gasteiger partial charge in [0.2, 0.25) is 0 Å². The highest BCUT2D eigenvalue weighted by Crippen LogP contribution is 2.30. The van der Waals surface area contributed by atoms with Gasteiger partial charge in [-0.1, -0.05) is 18.2 Å². The van der Waals surface area contributed by atoms with Crippen molar-refractivity contribution in [1.82, 2.24) is 14.5 Å². The first-order valence-electron chi connectivity index (χ1n) is 9.05. The number of carbonyl (C=O) groups is 1. The third-order valence-corrected chi connectivity index (χ3v) is 4.36. The second-order valence-electron chi connectivity index (χ2n) is 6.34. The van der Waals surface area contributed by atoms with E-state index in [4.69, 9.17) is 14.8 Å². The Hall–Kier alpha value is -3.67. The largest absolute Gasteiger partial charge is 0.494 e. The van der Waals surface area contributed by atoms with Crippen LogP contribution in [0.1, 0.15) is 12.8 Å². The van der Waals surface area contributed by atoms with Gasteiger partial charge >= 0.3 is 5.97 Å². The molecule has 6 nitrogen and oxygen atoms in total. The Bertz CT molecular complexity index is 1090. The van der Waals surface area contributed by atoms with Gasteiger partial charge in [-0.3, -0.25) is 14.3 Å². The van der Waals surface area contributed by atoms with Gasteiger partial charge < -0.3 is 9.84 Å². The Morgan fingerprint density at radius 2 is 1.93 bits per heavy atom. The van der Waals surface area contributed by atoms with Gasteiger partial charge in [0.15, 0.2) is 0 Å². The molecule has 0 saturated carbocycles. The summed E-state index contributed by atoms with van der Waals surface area (Å²) in [4.78, 5) is 19.7. The smallest absolute Gasteiger partial charge is 0.303 e. The summed E-state index contributed by atoms with van der Waals surface area (Å²) in [6.45, 7) is 0.354. The molecule has 2 heterocycles. The number of ether oxygens (including phenoxy) is 1. The zero-order chi connectivity index (χ0) is 19.3. The average molecular weight is 373 g/mol. The zero-order valence-corrected chi connectivity index (χ0v) is 15.2. The van der Waals surface area contributed by atoms with E-state index < -0.39 is 5.97 Å². The lowest BCUT2D eigenvalue weighted by Crippen LogP contribution is -2.02. The summed E-state index contributed by atoms with van der Waals surface area (Å²) in [6.07, 6.45) is 4.09. The minimum atomic E-state index is -0.817. The van der Waals surface area contributed by atoms with Gasteiger partial charge in [0.1, 0.15) is 11.6 Å². The van der Waals surface area contributed by atoms with E-state index in [-0.39, 0.29) is 6.42 Å². The van der Waals surface area contributed by atoms with E-state index in [1.165, 1.54) is 0 Å². The molecule has 0 amide bonds. The number of hydrogen-bond donors (Lipinski definition) is 1. The fourth-order valence-electron chi connectivity index (χ4n) is 3.09.